The molecular weight excluding hydrogens is 210 g/mol. The molecule has 0 aromatic carbocycles. The van der Waals surface area contributed by atoms with E-state index in [9.17, 15) is 0 Å². The molecule has 100 valence electrons. The van der Waals surface area contributed by atoms with E-state index >= 15 is 0 Å². The summed E-state index contributed by atoms with van der Waals surface area (Å²) in [7, 11) is 2.24. The molecule has 2 saturated heterocycles. The third-order valence-electron chi connectivity index (χ3n) is 4.42. The molecule has 0 spiro atoms. The van der Waals surface area contributed by atoms with Gasteiger partial charge in [0, 0.05) is 25.7 Å². The Labute approximate surface area is 107 Å². The average molecular weight is 239 g/mol. The van der Waals surface area contributed by atoms with Crippen molar-refractivity contribution in [2.24, 2.45) is 5.92 Å². The molecule has 2 aliphatic heterocycles. The van der Waals surface area contributed by atoms with Gasteiger partial charge in [-0.25, -0.2) is 0 Å². The van der Waals surface area contributed by atoms with Crippen molar-refractivity contribution in [3.63, 3.8) is 0 Å². The van der Waals surface area contributed by atoms with Gasteiger partial charge in [0.05, 0.1) is 0 Å². The highest BCUT2D eigenvalue weighted by atomic mass is 15.3. The topological polar surface area (TPSA) is 18.5 Å². The standard InChI is InChI=1S/C14H29N3/c1-13-12-16(2)9-10-17(13)8-4-6-14-5-3-7-15-11-14/h13-15H,3-12H2,1-2H3. The molecule has 0 amide bonds. The van der Waals surface area contributed by atoms with E-state index in [0.29, 0.717) is 0 Å². The van der Waals surface area contributed by atoms with Gasteiger partial charge in [0.2, 0.25) is 0 Å². The van der Waals surface area contributed by atoms with Crippen LogP contribution < -0.4 is 5.32 Å². The van der Waals surface area contributed by atoms with E-state index in [2.05, 4.69) is 29.1 Å². The number of rotatable bonds is 4. The van der Waals surface area contributed by atoms with E-state index < -0.39 is 0 Å². The SMILES string of the molecule is CC1CN(C)CCN1CCCC1CCCNC1. The van der Waals surface area contributed by atoms with Crippen molar-refractivity contribution >= 4 is 0 Å². The van der Waals surface area contributed by atoms with Crippen LogP contribution in [0.2, 0.25) is 0 Å². The van der Waals surface area contributed by atoms with Crippen LogP contribution in [-0.4, -0.2) is 62.2 Å². The van der Waals surface area contributed by atoms with Crippen LogP contribution >= 0.6 is 0 Å². The van der Waals surface area contributed by atoms with Crippen LogP contribution in [0.3, 0.4) is 0 Å². The predicted octanol–water partition coefficient (Wildman–Crippen LogP) is 1.40. The fourth-order valence-electron chi connectivity index (χ4n) is 3.26. The Morgan fingerprint density at radius 3 is 2.88 bits per heavy atom. The first-order chi connectivity index (χ1) is 8.25. The van der Waals surface area contributed by atoms with Gasteiger partial charge in [0.25, 0.3) is 0 Å². The van der Waals surface area contributed by atoms with E-state index in [1.807, 2.05) is 0 Å². The Balaban J connectivity index is 1.61. The monoisotopic (exact) mass is 239 g/mol. The number of likely N-dealkylation sites (N-methyl/N-ethyl adjacent to an activating group) is 1. The minimum Gasteiger partial charge on any atom is -0.316 e. The molecule has 2 aliphatic rings. The fourth-order valence-corrected chi connectivity index (χ4v) is 3.26. The molecule has 2 rings (SSSR count). The highest BCUT2D eigenvalue weighted by Gasteiger charge is 2.21. The van der Waals surface area contributed by atoms with Gasteiger partial charge >= 0.3 is 0 Å². The Morgan fingerprint density at radius 1 is 1.29 bits per heavy atom. The van der Waals surface area contributed by atoms with Crippen LogP contribution in [0.4, 0.5) is 0 Å². The maximum Gasteiger partial charge on any atom is 0.0195 e. The fraction of sp³-hybridized carbons (Fsp3) is 1.00. The molecule has 0 radical (unpaired) electrons. The lowest BCUT2D eigenvalue weighted by Gasteiger charge is -2.38. The first-order valence-corrected chi connectivity index (χ1v) is 7.39. The van der Waals surface area contributed by atoms with Crippen LogP contribution in [-0.2, 0) is 0 Å². The molecule has 2 fully saturated rings. The van der Waals surface area contributed by atoms with Gasteiger partial charge in [0.1, 0.15) is 0 Å². The van der Waals surface area contributed by atoms with Gasteiger partial charge in [-0.3, -0.25) is 4.90 Å². The van der Waals surface area contributed by atoms with Gasteiger partial charge in [-0.1, -0.05) is 0 Å². The summed E-state index contributed by atoms with van der Waals surface area (Å²) < 4.78 is 0. The van der Waals surface area contributed by atoms with Gasteiger partial charge in [-0.05, 0) is 65.2 Å². The van der Waals surface area contributed by atoms with E-state index in [4.69, 9.17) is 0 Å². The third-order valence-corrected chi connectivity index (χ3v) is 4.42. The highest BCUT2D eigenvalue weighted by molar-refractivity contribution is 4.78. The van der Waals surface area contributed by atoms with Crippen LogP contribution in [0, 0.1) is 5.92 Å². The normalized spacial score (nSPS) is 32.8. The van der Waals surface area contributed by atoms with Crippen molar-refractivity contribution in [1.29, 1.82) is 0 Å². The molecule has 3 nitrogen and oxygen atoms in total. The summed E-state index contributed by atoms with van der Waals surface area (Å²) in [6, 6.07) is 0.748. The maximum absolute atomic E-state index is 3.52. The Kier molecular flexibility index (Phi) is 5.26. The number of piperazine rings is 1. The quantitative estimate of drug-likeness (QED) is 0.800. The van der Waals surface area contributed by atoms with E-state index in [1.165, 1.54) is 65.0 Å². The van der Waals surface area contributed by atoms with Crippen LogP contribution in [0.1, 0.15) is 32.6 Å². The lowest BCUT2D eigenvalue weighted by atomic mass is 9.94. The number of hydrogen-bond acceptors (Lipinski definition) is 3. The molecule has 17 heavy (non-hydrogen) atoms. The van der Waals surface area contributed by atoms with Gasteiger partial charge in [-0.15, -0.1) is 0 Å². The summed E-state index contributed by atoms with van der Waals surface area (Å²) >= 11 is 0. The Bertz CT molecular complexity index is 214. The molecule has 2 atom stereocenters. The third kappa shape index (κ3) is 4.23. The minimum atomic E-state index is 0.748. The largest absolute Gasteiger partial charge is 0.316 e. The number of piperidine rings is 1. The lowest BCUT2D eigenvalue weighted by molar-refractivity contribution is 0.0967. The summed E-state index contributed by atoms with van der Waals surface area (Å²) in [5.74, 6) is 0.950. The number of hydrogen-bond donors (Lipinski definition) is 1. The highest BCUT2D eigenvalue weighted by Crippen LogP contribution is 2.17. The summed E-state index contributed by atoms with van der Waals surface area (Å²) in [6.07, 6.45) is 5.65. The molecule has 3 heteroatoms. The Hall–Kier alpha value is -0.120. The molecular formula is C14H29N3. The molecule has 0 bridgehead atoms. The summed E-state index contributed by atoms with van der Waals surface area (Å²) in [4.78, 5) is 5.13. The first kappa shape index (κ1) is 13.3. The number of nitrogens with zero attached hydrogens (tertiary/aromatic N) is 2. The van der Waals surface area contributed by atoms with Crippen molar-refractivity contribution in [2.75, 3.05) is 46.3 Å². The first-order valence-electron chi connectivity index (χ1n) is 7.39. The van der Waals surface area contributed by atoms with E-state index in [1.54, 1.807) is 0 Å². The minimum absolute atomic E-state index is 0.748. The van der Waals surface area contributed by atoms with Crippen molar-refractivity contribution < 1.29 is 0 Å². The molecule has 0 saturated carbocycles. The summed E-state index contributed by atoms with van der Waals surface area (Å²) in [6.45, 7) is 9.94. The summed E-state index contributed by atoms with van der Waals surface area (Å²) in [5.41, 5.74) is 0. The molecule has 0 aromatic rings. The van der Waals surface area contributed by atoms with Crippen molar-refractivity contribution in [1.82, 2.24) is 15.1 Å². The molecule has 0 aromatic heterocycles. The zero-order valence-electron chi connectivity index (χ0n) is 11.6. The van der Waals surface area contributed by atoms with Gasteiger partial charge < -0.3 is 10.2 Å². The smallest absolute Gasteiger partial charge is 0.0195 e. The van der Waals surface area contributed by atoms with Crippen LogP contribution in [0.15, 0.2) is 0 Å². The molecule has 0 aliphatic carbocycles. The molecule has 1 N–H and O–H groups in total. The second-order valence-electron chi connectivity index (χ2n) is 6.00. The van der Waals surface area contributed by atoms with Crippen molar-refractivity contribution in [3.8, 4) is 0 Å². The maximum atomic E-state index is 3.52. The van der Waals surface area contributed by atoms with Crippen molar-refractivity contribution in [3.05, 3.63) is 0 Å². The summed E-state index contributed by atoms with van der Waals surface area (Å²) in [5, 5.41) is 3.52. The van der Waals surface area contributed by atoms with Crippen LogP contribution in [0.25, 0.3) is 0 Å². The predicted molar refractivity (Wildman–Crippen MR) is 73.4 cm³/mol. The Morgan fingerprint density at radius 2 is 2.18 bits per heavy atom. The zero-order valence-corrected chi connectivity index (χ0v) is 11.6. The van der Waals surface area contributed by atoms with E-state index in [-0.39, 0.29) is 0 Å². The molecule has 2 heterocycles. The van der Waals surface area contributed by atoms with Gasteiger partial charge in [-0.2, -0.15) is 0 Å². The second kappa shape index (κ2) is 6.72. The zero-order chi connectivity index (χ0) is 12.1. The van der Waals surface area contributed by atoms with Crippen molar-refractivity contribution in [2.45, 2.75) is 38.6 Å². The average Bonchev–Trinajstić information content (AvgIpc) is 2.33. The second-order valence-corrected chi connectivity index (χ2v) is 6.00. The van der Waals surface area contributed by atoms with E-state index in [0.717, 1.165) is 12.0 Å². The lowest BCUT2D eigenvalue weighted by Crippen LogP contribution is -2.50. The molecule has 2 unspecified atom stereocenters. The van der Waals surface area contributed by atoms with Gasteiger partial charge in [0.15, 0.2) is 0 Å². The van der Waals surface area contributed by atoms with Crippen LogP contribution in [0.5, 0.6) is 0 Å². The number of nitrogens with one attached hydrogen (secondary N) is 1.